The molecule has 1 aromatic carbocycles. The highest BCUT2D eigenvalue weighted by atomic mass is 16.5. The van der Waals surface area contributed by atoms with Gasteiger partial charge in [0.2, 0.25) is 5.91 Å². The first-order chi connectivity index (χ1) is 12.5. The molecule has 2 aromatic rings. The van der Waals surface area contributed by atoms with Crippen LogP contribution >= 0.6 is 0 Å². The van der Waals surface area contributed by atoms with Gasteiger partial charge in [0.25, 0.3) is 0 Å². The number of amides is 1. The van der Waals surface area contributed by atoms with Gasteiger partial charge < -0.3 is 24.6 Å². The molecule has 1 amide bonds. The molecule has 1 aromatic heterocycles. The van der Waals surface area contributed by atoms with Crippen molar-refractivity contribution in [1.29, 1.82) is 0 Å². The second kappa shape index (κ2) is 6.28. The molecule has 0 aliphatic carbocycles. The van der Waals surface area contributed by atoms with Crippen molar-refractivity contribution in [2.75, 3.05) is 33.4 Å². The molecule has 2 aliphatic heterocycles. The average Bonchev–Trinajstić information content (AvgIpc) is 2.92. The van der Waals surface area contributed by atoms with Crippen LogP contribution in [0.15, 0.2) is 18.2 Å². The Hall–Kier alpha value is -2.05. The zero-order valence-electron chi connectivity index (χ0n) is 15.7. The van der Waals surface area contributed by atoms with Crippen LogP contribution in [-0.4, -0.2) is 53.8 Å². The summed E-state index contributed by atoms with van der Waals surface area (Å²) in [6.45, 7) is 4.37. The summed E-state index contributed by atoms with van der Waals surface area (Å²) in [7, 11) is 3.72. The van der Waals surface area contributed by atoms with Gasteiger partial charge in [-0.05, 0) is 24.1 Å². The van der Waals surface area contributed by atoms with Gasteiger partial charge in [0, 0.05) is 55.7 Å². The molecule has 6 heteroatoms. The SMILES string of the molecule is CCCC(=O)N1CC2(CN[C@H](CO)c3c2c2ccc(OC)cc2n3C)C1. The summed E-state index contributed by atoms with van der Waals surface area (Å²) in [5.41, 5.74) is 3.45. The van der Waals surface area contributed by atoms with E-state index in [4.69, 9.17) is 4.74 Å². The molecule has 1 atom stereocenters. The number of hydrogen-bond donors (Lipinski definition) is 2. The molecule has 140 valence electrons. The van der Waals surface area contributed by atoms with Crippen LogP contribution in [0, 0.1) is 0 Å². The van der Waals surface area contributed by atoms with Gasteiger partial charge in [-0.15, -0.1) is 0 Å². The number of carbonyl (C=O) groups is 1. The van der Waals surface area contributed by atoms with Crippen molar-refractivity contribution in [2.24, 2.45) is 7.05 Å². The number of likely N-dealkylation sites (tertiary alicyclic amines) is 1. The molecule has 3 heterocycles. The molecule has 26 heavy (non-hydrogen) atoms. The molecule has 1 fully saturated rings. The van der Waals surface area contributed by atoms with Crippen LogP contribution in [0.1, 0.15) is 37.1 Å². The molecular formula is C20H27N3O3. The van der Waals surface area contributed by atoms with Crippen LogP contribution in [0.3, 0.4) is 0 Å². The number of aliphatic hydroxyl groups is 1. The fraction of sp³-hybridized carbons (Fsp3) is 0.550. The third-order valence-electron chi connectivity index (χ3n) is 5.99. The Kier molecular flexibility index (Phi) is 4.20. The zero-order valence-corrected chi connectivity index (χ0v) is 15.7. The number of aromatic nitrogens is 1. The molecule has 6 nitrogen and oxygen atoms in total. The predicted octanol–water partition coefficient (Wildman–Crippen LogP) is 1.70. The maximum atomic E-state index is 12.3. The van der Waals surface area contributed by atoms with E-state index in [0.717, 1.165) is 43.0 Å². The lowest BCUT2D eigenvalue weighted by molar-refractivity contribution is -0.139. The van der Waals surface area contributed by atoms with Crippen molar-refractivity contribution in [3.8, 4) is 5.75 Å². The molecule has 2 N–H and O–H groups in total. The van der Waals surface area contributed by atoms with Crippen LogP contribution in [0.2, 0.25) is 0 Å². The Morgan fingerprint density at radius 3 is 2.85 bits per heavy atom. The van der Waals surface area contributed by atoms with E-state index >= 15 is 0 Å². The Bertz CT molecular complexity index is 852. The normalized spacial score (nSPS) is 20.9. The Morgan fingerprint density at radius 1 is 1.42 bits per heavy atom. The molecule has 2 aliphatic rings. The predicted molar refractivity (Wildman–Crippen MR) is 100 cm³/mol. The summed E-state index contributed by atoms with van der Waals surface area (Å²) in [6.07, 6.45) is 1.49. The lowest BCUT2D eigenvalue weighted by Crippen LogP contribution is -2.67. The number of nitrogens with zero attached hydrogens (tertiary/aromatic N) is 2. The Balaban J connectivity index is 1.81. The number of hydrogen-bond acceptors (Lipinski definition) is 4. The number of rotatable bonds is 4. The fourth-order valence-electron chi connectivity index (χ4n) is 4.69. The van der Waals surface area contributed by atoms with Crippen molar-refractivity contribution >= 4 is 16.8 Å². The van der Waals surface area contributed by atoms with Crippen molar-refractivity contribution in [2.45, 2.75) is 31.2 Å². The fourth-order valence-corrected chi connectivity index (χ4v) is 4.69. The first-order valence-corrected chi connectivity index (χ1v) is 9.33. The number of aliphatic hydroxyl groups excluding tert-OH is 1. The van der Waals surface area contributed by atoms with Crippen LogP contribution in [-0.2, 0) is 17.3 Å². The third-order valence-corrected chi connectivity index (χ3v) is 5.99. The van der Waals surface area contributed by atoms with E-state index in [1.54, 1.807) is 7.11 Å². The van der Waals surface area contributed by atoms with Gasteiger partial charge in [0.15, 0.2) is 0 Å². The topological polar surface area (TPSA) is 66.7 Å². The van der Waals surface area contributed by atoms with Gasteiger partial charge in [-0.2, -0.15) is 0 Å². The minimum absolute atomic E-state index is 0.0584. The standard InChI is InChI=1S/C20H27N3O3/c1-4-5-17(25)23-11-20(12-23)10-21-15(9-24)19-18(20)14-7-6-13(26-3)8-16(14)22(19)2/h6-8,15,21,24H,4-5,9-12H2,1-3H3/t15-/m1/s1. The molecule has 1 saturated heterocycles. The summed E-state index contributed by atoms with van der Waals surface area (Å²) >= 11 is 0. The van der Waals surface area contributed by atoms with Gasteiger partial charge in [-0.25, -0.2) is 0 Å². The minimum atomic E-state index is -0.0839. The molecule has 0 bridgehead atoms. The summed E-state index contributed by atoms with van der Waals surface area (Å²) in [6, 6.07) is 6.07. The number of aryl methyl sites for hydroxylation is 1. The number of carbonyl (C=O) groups excluding carboxylic acids is 1. The maximum absolute atomic E-state index is 12.3. The molecule has 0 radical (unpaired) electrons. The summed E-state index contributed by atoms with van der Waals surface area (Å²) in [5.74, 6) is 1.07. The molecule has 0 saturated carbocycles. The van der Waals surface area contributed by atoms with E-state index in [1.807, 2.05) is 24.9 Å². The van der Waals surface area contributed by atoms with Crippen LogP contribution in [0.4, 0.5) is 0 Å². The summed E-state index contributed by atoms with van der Waals surface area (Å²) in [4.78, 5) is 14.2. The lowest BCUT2D eigenvalue weighted by atomic mass is 9.69. The number of nitrogens with one attached hydrogen (secondary N) is 1. The largest absolute Gasteiger partial charge is 0.497 e. The summed E-state index contributed by atoms with van der Waals surface area (Å²) < 4.78 is 7.56. The van der Waals surface area contributed by atoms with Gasteiger partial charge in [0.1, 0.15) is 5.75 Å². The molecule has 1 spiro atoms. The first-order valence-electron chi connectivity index (χ1n) is 9.33. The zero-order chi connectivity index (χ0) is 18.5. The number of methoxy groups -OCH3 is 1. The van der Waals surface area contributed by atoms with Crippen molar-refractivity contribution in [1.82, 2.24) is 14.8 Å². The minimum Gasteiger partial charge on any atom is -0.497 e. The number of benzene rings is 1. The maximum Gasteiger partial charge on any atom is 0.222 e. The third kappa shape index (κ3) is 2.36. The van der Waals surface area contributed by atoms with E-state index in [9.17, 15) is 9.90 Å². The van der Waals surface area contributed by atoms with E-state index in [-0.39, 0.29) is 24.0 Å². The Morgan fingerprint density at radius 2 is 2.19 bits per heavy atom. The Labute approximate surface area is 153 Å². The second-order valence-electron chi connectivity index (χ2n) is 7.60. The molecule has 4 rings (SSSR count). The lowest BCUT2D eigenvalue weighted by Gasteiger charge is -2.53. The van der Waals surface area contributed by atoms with E-state index in [2.05, 4.69) is 22.0 Å². The first kappa shape index (κ1) is 17.4. The monoisotopic (exact) mass is 357 g/mol. The van der Waals surface area contributed by atoms with E-state index < -0.39 is 0 Å². The smallest absolute Gasteiger partial charge is 0.222 e. The van der Waals surface area contributed by atoms with Gasteiger partial charge in [-0.3, -0.25) is 4.79 Å². The van der Waals surface area contributed by atoms with Crippen LogP contribution in [0.5, 0.6) is 5.75 Å². The molecule has 0 unspecified atom stereocenters. The highest BCUT2D eigenvalue weighted by Crippen LogP contribution is 2.46. The van der Waals surface area contributed by atoms with E-state index in [1.165, 1.54) is 10.9 Å². The van der Waals surface area contributed by atoms with Crippen molar-refractivity contribution in [3.05, 3.63) is 29.5 Å². The molecular weight excluding hydrogens is 330 g/mol. The van der Waals surface area contributed by atoms with Crippen LogP contribution < -0.4 is 10.1 Å². The van der Waals surface area contributed by atoms with Crippen molar-refractivity contribution < 1.29 is 14.6 Å². The number of ether oxygens (including phenoxy) is 1. The van der Waals surface area contributed by atoms with E-state index in [0.29, 0.717) is 6.42 Å². The van der Waals surface area contributed by atoms with Crippen molar-refractivity contribution in [3.63, 3.8) is 0 Å². The highest BCUT2D eigenvalue weighted by molar-refractivity contribution is 5.89. The van der Waals surface area contributed by atoms with Gasteiger partial charge >= 0.3 is 0 Å². The van der Waals surface area contributed by atoms with Gasteiger partial charge in [0.05, 0.1) is 25.3 Å². The summed E-state index contributed by atoms with van der Waals surface area (Å²) in [5, 5.41) is 14.6. The van der Waals surface area contributed by atoms with Gasteiger partial charge in [-0.1, -0.05) is 6.92 Å². The highest BCUT2D eigenvalue weighted by Gasteiger charge is 2.51. The van der Waals surface area contributed by atoms with Crippen LogP contribution in [0.25, 0.3) is 10.9 Å². The number of fused-ring (bicyclic) bond motifs is 4. The quantitative estimate of drug-likeness (QED) is 0.874. The average molecular weight is 357 g/mol. The second-order valence-corrected chi connectivity index (χ2v) is 7.60.